The maximum atomic E-state index is 12.0. The van der Waals surface area contributed by atoms with Gasteiger partial charge in [-0.1, -0.05) is 6.92 Å². The monoisotopic (exact) mass is 194 g/mol. The van der Waals surface area contributed by atoms with E-state index in [1.807, 2.05) is 6.92 Å². The Morgan fingerprint density at radius 2 is 1.79 bits per heavy atom. The Bertz CT molecular complexity index is 282. The van der Waals surface area contributed by atoms with Gasteiger partial charge in [0.05, 0.1) is 5.41 Å². The second-order valence-electron chi connectivity index (χ2n) is 5.06. The van der Waals surface area contributed by atoms with Gasteiger partial charge in [-0.25, -0.2) is 0 Å². The smallest absolute Gasteiger partial charge is 0.146 e. The molecule has 2 aliphatic rings. The van der Waals surface area contributed by atoms with E-state index in [-0.39, 0.29) is 11.6 Å². The number of rotatable bonds is 0. The third-order valence-electron chi connectivity index (χ3n) is 4.33. The first-order chi connectivity index (χ1) is 6.56. The maximum absolute atomic E-state index is 12.0. The van der Waals surface area contributed by atoms with E-state index in [0.29, 0.717) is 24.7 Å². The molecule has 0 aliphatic heterocycles. The van der Waals surface area contributed by atoms with Gasteiger partial charge < -0.3 is 0 Å². The highest BCUT2D eigenvalue weighted by Gasteiger charge is 2.53. The molecule has 14 heavy (non-hydrogen) atoms. The van der Waals surface area contributed by atoms with Crippen molar-refractivity contribution in [2.75, 3.05) is 0 Å². The lowest BCUT2D eigenvalue weighted by molar-refractivity contribution is -0.139. The first-order valence-electron chi connectivity index (χ1n) is 5.63. The summed E-state index contributed by atoms with van der Waals surface area (Å²) in [7, 11) is 0. The number of hydrogen-bond donors (Lipinski definition) is 0. The lowest BCUT2D eigenvalue weighted by Gasteiger charge is -2.29. The minimum absolute atomic E-state index is 0.196. The summed E-state index contributed by atoms with van der Waals surface area (Å²) in [5.41, 5.74) is -0.615. The second-order valence-corrected chi connectivity index (χ2v) is 5.06. The van der Waals surface area contributed by atoms with Gasteiger partial charge in [-0.05, 0) is 38.0 Å². The predicted octanol–water partition coefficient (Wildman–Crippen LogP) is 2.36. The van der Waals surface area contributed by atoms with Crippen LogP contribution in [0, 0.1) is 17.3 Å². The minimum Gasteiger partial charge on any atom is -0.299 e. The summed E-state index contributed by atoms with van der Waals surface area (Å²) in [6, 6.07) is 0. The molecule has 2 rings (SSSR count). The summed E-state index contributed by atoms with van der Waals surface area (Å²) >= 11 is 0. The Hall–Kier alpha value is -0.660. The first-order valence-corrected chi connectivity index (χ1v) is 5.63. The zero-order valence-electron chi connectivity index (χ0n) is 9.01. The molecule has 0 heterocycles. The van der Waals surface area contributed by atoms with E-state index in [1.54, 1.807) is 0 Å². The third-order valence-corrected chi connectivity index (χ3v) is 4.33. The molecule has 0 unspecified atom stereocenters. The molecule has 0 radical (unpaired) electrons. The molecule has 2 fully saturated rings. The van der Waals surface area contributed by atoms with Crippen LogP contribution in [-0.2, 0) is 9.59 Å². The molecule has 2 saturated carbocycles. The van der Waals surface area contributed by atoms with E-state index in [9.17, 15) is 9.59 Å². The highest BCUT2D eigenvalue weighted by Crippen LogP contribution is 2.48. The molecule has 0 aromatic rings. The van der Waals surface area contributed by atoms with Gasteiger partial charge >= 0.3 is 0 Å². The van der Waals surface area contributed by atoms with Crippen molar-refractivity contribution in [2.45, 2.75) is 46.0 Å². The fourth-order valence-electron chi connectivity index (χ4n) is 3.30. The largest absolute Gasteiger partial charge is 0.299 e. The van der Waals surface area contributed by atoms with Gasteiger partial charge in [0, 0.05) is 12.8 Å². The van der Waals surface area contributed by atoms with Gasteiger partial charge in [-0.2, -0.15) is 0 Å². The van der Waals surface area contributed by atoms with Crippen LogP contribution < -0.4 is 0 Å². The van der Waals surface area contributed by atoms with Gasteiger partial charge in [-0.3, -0.25) is 9.59 Å². The zero-order chi connectivity index (χ0) is 10.3. The van der Waals surface area contributed by atoms with Crippen LogP contribution in [0.4, 0.5) is 0 Å². The summed E-state index contributed by atoms with van der Waals surface area (Å²) in [5, 5.41) is 0. The Labute approximate surface area is 85.1 Å². The summed E-state index contributed by atoms with van der Waals surface area (Å²) in [5.74, 6) is 1.26. The van der Waals surface area contributed by atoms with Crippen LogP contribution in [0.25, 0.3) is 0 Å². The van der Waals surface area contributed by atoms with E-state index >= 15 is 0 Å². The van der Waals surface area contributed by atoms with E-state index in [4.69, 9.17) is 0 Å². The molecule has 2 nitrogen and oxygen atoms in total. The van der Waals surface area contributed by atoms with Gasteiger partial charge in [0.1, 0.15) is 11.6 Å². The van der Waals surface area contributed by atoms with Crippen molar-refractivity contribution in [2.24, 2.45) is 17.3 Å². The fraction of sp³-hybridized carbons (Fsp3) is 0.833. The highest BCUT2D eigenvalue weighted by atomic mass is 16.2. The van der Waals surface area contributed by atoms with Crippen LogP contribution >= 0.6 is 0 Å². The van der Waals surface area contributed by atoms with E-state index in [2.05, 4.69) is 6.92 Å². The van der Waals surface area contributed by atoms with Crippen molar-refractivity contribution in [1.29, 1.82) is 0 Å². The van der Waals surface area contributed by atoms with Crippen molar-refractivity contribution in [3.63, 3.8) is 0 Å². The SMILES string of the molecule is C[C@H]1CCCC(=O)[C@]2(C)C(=O)CC[C@H]12. The summed E-state index contributed by atoms with van der Waals surface area (Å²) < 4.78 is 0. The second kappa shape index (κ2) is 3.18. The van der Waals surface area contributed by atoms with E-state index < -0.39 is 5.41 Å². The van der Waals surface area contributed by atoms with Crippen LogP contribution in [0.15, 0.2) is 0 Å². The molecule has 0 aromatic carbocycles. The quantitative estimate of drug-likeness (QED) is 0.555. The molecule has 0 amide bonds. The molecule has 0 bridgehead atoms. The van der Waals surface area contributed by atoms with Crippen molar-refractivity contribution in [3.05, 3.63) is 0 Å². The molecule has 2 aliphatic carbocycles. The summed E-state index contributed by atoms with van der Waals surface area (Å²) in [6.45, 7) is 4.08. The standard InChI is InChI=1S/C12H18O2/c1-8-4-3-5-10(13)12(2)9(8)6-7-11(12)14/h8-9H,3-7H2,1-2H3/t8-,9+,12+/m0/s1. The molecule has 78 valence electrons. The van der Waals surface area contributed by atoms with Gasteiger partial charge in [0.2, 0.25) is 0 Å². The molecule has 0 spiro atoms. The number of carbonyl (C=O) groups excluding carboxylic acids is 2. The predicted molar refractivity (Wildman–Crippen MR) is 53.9 cm³/mol. The molecule has 2 heteroatoms. The Morgan fingerprint density at radius 3 is 2.50 bits per heavy atom. The zero-order valence-corrected chi connectivity index (χ0v) is 9.01. The van der Waals surface area contributed by atoms with Crippen LogP contribution in [0.3, 0.4) is 0 Å². The molecule has 3 atom stereocenters. The summed E-state index contributed by atoms with van der Waals surface area (Å²) in [4.78, 5) is 23.8. The van der Waals surface area contributed by atoms with E-state index in [0.717, 1.165) is 19.3 Å². The Morgan fingerprint density at radius 1 is 1.14 bits per heavy atom. The number of Topliss-reactive ketones (excluding diaryl/α,β-unsaturated/α-hetero) is 2. The van der Waals surface area contributed by atoms with Crippen molar-refractivity contribution >= 4 is 11.6 Å². The highest BCUT2D eigenvalue weighted by molar-refractivity contribution is 6.08. The lowest BCUT2D eigenvalue weighted by Crippen LogP contribution is -2.38. The topological polar surface area (TPSA) is 34.1 Å². The van der Waals surface area contributed by atoms with Crippen molar-refractivity contribution < 1.29 is 9.59 Å². The average molecular weight is 194 g/mol. The number of fused-ring (bicyclic) bond motifs is 1. The van der Waals surface area contributed by atoms with Crippen molar-refractivity contribution in [1.82, 2.24) is 0 Å². The van der Waals surface area contributed by atoms with Crippen molar-refractivity contribution in [3.8, 4) is 0 Å². The van der Waals surface area contributed by atoms with Crippen LogP contribution in [0.2, 0.25) is 0 Å². The van der Waals surface area contributed by atoms with Gasteiger partial charge in [-0.15, -0.1) is 0 Å². The molecule has 0 N–H and O–H groups in total. The molecule has 0 aromatic heterocycles. The fourth-order valence-corrected chi connectivity index (χ4v) is 3.30. The molecular weight excluding hydrogens is 176 g/mol. The Balaban J connectivity index is 2.39. The van der Waals surface area contributed by atoms with E-state index in [1.165, 1.54) is 0 Å². The molecule has 0 saturated heterocycles. The van der Waals surface area contributed by atoms with Crippen LogP contribution in [0.5, 0.6) is 0 Å². The normalized spacial score (nSPS) is 43.6. The maximum Gasteiger partial charge on any atom is 0.146 e. The number of carbonyl (C=O) groups is 2. The number of ketones is 2. The first kappa shape index (κ1) is 9.88. The lowest BCUT2D eigenvalue weighted by atomic mass is 9.71. The molecular formula is C12H18O2. The van der Waals surface area contributed by atoms with Crippen LogP contribution in [-0.4, -0.2) is 11.6 Å². The third kappa shape index (κ3) is 1.16. The van der Waals surface area contributed by atoms with Gasteiger partial charge in [0.25, 0.3) is 0 Å². The summed E-state index contributed by atoms with van der Waals surface area (Å²) in [6.07, 6.45) is 4.25. The van der Waals surface area contributed by atoms with Gasteiger partial charge in [0.15, 0.2) is 0 Å². The van der Waals surface area contributed by atoms with Crippen LogP contribution in [0.1, 0.15) is 46.0 Å². The average Bonchev–Trinajstić information content (AvgIpc) is 2.39. The Kier molecular flexibility index (Phi) is 2.24. The number of hydrogen-bond acceptors (Lipinski definition) is 2. The minimum atomic E-state index is -0.615.